The van der Waals surface area contributed by atoms with Gasteiger partial charge in [-0.1, -0.05) is 22.0 Å². The van der Waals surface area contributed by atoms with Crippen LogP contribution in [0.5, 0.6) is 0 Å². The first kappa shape index (κ1) is 13.4. The van der Waals surface area contributed by atoms with Gasteiger partial charge in [-0.05, 0) is 24.3 Å². The molecule has 1 N–H and O–H groups in total. The minimum absolute atomic E-state index is 0.0812. The predicted octanol–water partition coefficient (Wildman–Crippen LogP) is 4.38. The van der Waals surface area contributed by atoms with E-state index in [2.05, 4.69) is 21.2 Å². The monoisotopic (exact) mass is 328 g/mol. The number of nitrogens with zero attached hydrogens (tertiary/aromatic N) is 1. The van der Waals surface area contributed by atoms with Crippen molar-refractivity contribution in [1.82, 2.24) is 0 Å². The Labute approximate surface area is 115 Å². The smallest absolute Gasteiger partial charge is 0.293 e. The molecule has 0 fully saturated rings. The van der Waals surface area contributed by atoms with E-state index in [-0.39, 0.29) is 17.1 Å². The highest BCUT2D eigenvalue weighted by molar-refractivity contribution is 9.10. The van der Waals surface area contributed by atoms with Crippen LogP contribution in [-0.4, -0.2) is 4.92 Å². The van der Waals surface area contributed by atoms with Gasteiger partial charge < -0.3 is 5.32 Å². The second-order valence-electron chi connectivity index (χ2n) is 3.64. The van der Waals surface area contributed by atoms with Gasteiger partial charge in [-0.2, -0.15) is 0 Å². The van der Waals surface area contributed by atoms with Crippen molar-refractivity contribution in [2.75, 3.05) is 5.32 Å². The third-order valence-corrected chi connectivity index (χ3v) is 2.87. The maximum Gasteiger partial charge on any atom is 0.293 e. The summed E-state index contributed by atoms with van der Waals surface area (Å²) in [5.41, 5.74) is -0.318. The SMILES string of the molecule is O=[N+]([O-])c1cc(Br)ccc1Nc1cccc(F)c1F. The van der Waals surface area contributed by atoms with E-state index in [9.17, 15) is 18.9 Å². The molecule has 98 valence electrons. The van der Waals surface area contributed by atoms with Crippen molar-refractivity contribution in [2.45, 2.75) is 0 Å². The predicted molar refractivity (Wildman–Crippen MR) is 70.4 cm³/mol. The number of benzene rings is 2. The van der Waals surface area contributed by atoms with Crippen molar-refractivity contribution in [3.05, 3.63) is 62.6 Å². The molecule has 2 aromatic rings. The highest BCUT2D eigenvalue weighted by Gasteiger charge is 2.16. The van der Waals surface area contributed by atoms with Gasteiger partial charge in [0.05, 0.1) is 10.6 Å². The highest BCUT2D eigenvalue weighted by Crippen LogP contribution is 2.31. The molecular weight excluding hydrogens is 322 g/mol. The largest absolute Gasteiger partial charge is 0.347 e. The summed E-state index contributed by atoms with van der Waals surface area (Å²) in [6, 6.07) is 7.82. The van der Waals surface area contributed by atoms with Gasteiger partial charge >= 0.3 is 0 Å². The van der Waals surface area contributed by atoms with E-state index >= 15 is 0 Å². The lowest BCUT2D eigenvalue weighted by molar-refractivity contribution is -0.384. The molecule has 0 aliphatic rings. The molecule has 0 aliphatic carbocycles. The molecule has 7 heteroatoms. The van der Waals surface area contributed by atoms with Gasteiger partial charge in [0.25, 0.3) is 5.69 Å². The molecular formula is C12H7BrF2N2O2. The number of anilines is 2. The van der Waals surface area contributed by atoms with Gasteiger partial charge in [-0.15, -0.1) is 0 Å². The molecule has 0 unspecified atom stereocenters. The lowest BCUT2D eigenvalue weighted by atomic mass is 10.2. The third-order valence-electron chi connectivity index (χ3n) is 2.38. The standard InChI is InChI=1S/C12H7BrF2N2O2/c13-7-4-5-9(11(6-7)17(18)19)16-10-3-1-2-8(14)12(10)15/h1-6,16H. The summed E-state index contributed by atoms with van der Waals surface area (Å²) in [4.78, 5) is 10.3. The molecule has 0 bridgehead atoms. The van der Waals surface area contributed by atoms with Crippen molar-refractivity contribution in [2.24, 2.45) is 0 Å². The molecule has 4 nitrogen and oxygen atoms in total. The molecule has 19 heavy (non-hydrogen) atoms. The molecule has 0 saturated heterocycles. The molecule has 0 radical (unpaired) electrons. The molecule has 2 aromatic carbocycles. The number of rotatable bonds is 3. The Morgan fingerprint density at radius 3 is 2.58 bits per heavy atom. The minimum atomic E-state index is -1.08. The molecule has 0 aliphatic heterocycles. The van der Waals surface area contributed by atoms with Gasteiger partial charge in [0, 0.05) is 10.5 Å². The van der Waals surface area contributed by atoms with Crippen molar-refractivity contribution in [3.63, 3.8) is 0 Å². The van der Waals surface area contributed by atoms with Crippen LogP contribution in [-0.2, 0) is 0 Å². The average Bonchev–Trinajstić information content (AvgIpc) is 2.36. The Bertz CT molecular complexity index is 650. The maximum atomic E-state index is 13.5. The van der Waals surface area contributed by atoms with E-state index in [1.165, 1.54) is 24.3 Å². The van der Waals surface area contributed by atoms with Gasteiger partial charge in [-0.3, -0.25) is 10.1 Å². The Balaban J connectivity index is 2.44. The lowest BCUT2D eigenvalue weighted by Gasteiger charge is -2.08. The van der Waals surface area contributed by atoms with Crippen LogP contribution in [0.25, 0.3) is 0 Å². The zero-order valence-corrected chi connectivity index (χ0v) is 10.9. The summed E-state index contributed by atoms with van der Waals surface area (Å²) in [5.74, 6) is -2.11. The van der Waals surface area contributed by atoms with E-state index in [0.29, 0.717) is 4.47 Å². The van der Waals surface area contributed by atoms with E-state index in [4.69, 9.17) is 0 Å². The van der Waals surface area contributed by atoms with Crippen molar-refractivity contribution >= 4 is 33.0 Å². The second-order valence-corrected chi connectivity index (χ2v) is 4.56. The fourth-order valence-corrected chi connectivity index (χ4v) is 1.86. The van der Waals surface area contributed by atoms with Crippen LogP contribution in [0.2, 0.25) is 0 Å². The summed E-state index contributed by atoms with van der Waals surface area (Å²) in [5, 5.41) is 13.4. The lowest BCUT2D eigenvalue weighted by Crippen LogP contribution is -2.00. The third kappa shape index (κ3) is 2.87. The Morgan fingerprint density at radius 1 is 1.16 bits per heavy atom. The van der Waals surface area contributed by atoms with Crippen LogP contribution < -0.4 is 5.32 Å². The van der Waals surface area contributed by atoms with Crippen LogP contribution in [0.3, 0.4) is 0 Å². The Kier molecular flexibility index (Phi) is 3.75. The summed E-state index contributed by atoms with van der Waals surface area (Å²) in [6.45, 7) is 0. The highest BCUT2D eigenvalue weighted by atomic mass is 79.9. The van der Waals surface area contributed by atoms with Gasteiger partial charge in [0.1, 0.15) is 5.69 Å². The summed E-state index contributed by atoms with van der Waals surface area (Å²) in [7, 11) is 0. The van der Waals surface area contributed by atoms with E-state index < -0.39 is 16.6 Å². The van der Waals surface area contributed by atoms with Crippen molar-refractivity contribution in [1.29, 1.82) is 0 Å². The molecule has 0 amide bonds. The fraction of sp³-hybridized carbons (Fsp3) is 0. The number of hydrogen-bond donors (Lipinski definition) is 1. The molecule has 0 aromatic heterocycles. The zero-order valence-electron chi connectivity index (χ0n) is 9.36. The zero-order chi connectivity index (χ0) is 14.0. The second kappa shape index (κ2) is 5.31. The van der Waals surface area contributed by atoms with Gasteiger partial charge in [0.15, 0.2) is 11.6 Å². The van der Waals surface area contributed by atoms with Crippen LogP contribution in [0.15, 0.2) is 40.9 Å². The van der Waals surface area contributed by atoms with Crippen LogP contribution in [0.4, 0.5) is 25.8 Å². The normalized spacial score (nSPS) is 10.3. The van der Waals surface area contributed by atoms with Crippen molar-refractivity contribution in [3.8, 4) is 0 Å². The molecule has 0 spiro atoms. The van der Waals surface area contributed by atoms with Crippen molar-refractivity contribution < 1.29 is 13.7 Å². The Morgan fingerprint density at radius 2 is 1.89 bits per heavy atom. The molecule has 0 heterocycles. The number of halogens is 3. The van der Waals surface area contributed by atoms with Gasteiger partial charge in [-0.25, -0.2) is 8.78 Å². The maximum absolute atomic E-state index is 13.5. The summed E-state index contributed by atoms with van der Waals surface area (Å²) in [6.07, 6.45) is 0. The first-order valence-electron chi connectivity index (χ1n) is 5.14. The molecule has 0 saturated carbocycles. The molecule has 0 atom stereocenters. The Hall–Kier alpha value is -2.02. The minimum Gasteiger partial charge on any atom is -0.347 e. The number of nitrogens with one attached hydrogen (secondary N) is 1. The van der Waals surface area contributed by atoms with E-state index in [1.807, 2.05) is 0 Å². The van der Waals surface area contributed by atoms with Gasteiger partial charge in [0.2, 0.25) is 0 Å². The van der Waals surface area contributed by atoms with Crippen LogP contribution in [0.1, 0.15) is 0 Å². The first-order chi connectivity index (χ1) is 8.99. The van der Waals surface area contributed by atoms with E-state index in [1.54, 1.807) is 6.07 Å². The fourth-order valence-electron chi connectivity index (χ4n) is 1.51. The number of nitro benzene ring substituents is 1. The summed E-state index contributed by atoms with van der Waals surface area (Å²) < 4.78 is 27.0. The van der Waals surface area contributed by atoms with Crippen LogP contribution in [0, 0.1) is 21.7 Å². The topological polar surface area (TPSA) is 55.2 Å². The van der Waals surface area contributed by atoms with Crippen LogP contribution >= 0.6 is 15.9 Å². The summed E-state index contributed by atoms with van der Waals surface area (Å²) >= 11 is 3.11. The quantitative estimate of drug-likeness (QED) is 0.672. The average molecular weight is 329 g/mol. The number of nitro groups is 1. The first-order valence-corrected chi connectivity index (χ1v) is 5.93. The van der Waals surface area contributed by atoms with E-state index in [0.717, 1.165) is 6.07 Å². The number of hydrogen-bond acceptors (Lipinski definition) is 3. The molecule has 2 rings (SSSR count).